The first-order chi connectivity index (χ1) is 13.2. The molecule has 0 radical (unpaired) electrons. The second kappa shape index (κ2) is 7.47. The van der Waals surface area contributed by atoms with E-state index in [9.17, 15) is 22.8 Å². The fourth-order valence-corrected chi connectivity index (χ4v) is 2.62. The van der Waals surface area contributed by atoms with Gasteiger partial charge in [0.05, 0.1) is 24.7 Å². The van der Waals surface area contributed by atoms with Gasteiger partial charge in [-0.15, -0.1) is 0 Å². The molecule has 7 nitrogen and oxygen atoms in total. The van der Waals surface area contributed by atoms with Crippen LogP contribution in [0.4, 0.5) is 13.2 Å². The van der Waals surface area contributed by atoms with Gasteiger partial charge < -0.3 is 4.74 Å². The third-order valence-electron chi connectivity index (χ3n) is 3.64. The van der Waals surface area contributed by atoms with E-state index in [4.69, 9.17) is 11.6 Å². The van der Waals surface area contributed by atoms with Gasteiger partial charge in [0.1, 0.15) is 5.56 Å². The van der Waals surface area contributed by atoms with E-state index in [1.54, 1.807) is 0 Å². The first-order valence-electron chi connectivity index (χ1n) is 7.89. The van der Waals surface area contributed by atoms with Crippen LogP contribution in [0, 0.1) is 0 Å². The van der Waals surface area contributed by atoms with E-state index in [1.165, 1.54) is 48.1 Å². The summed E-state index contributed by atoms with van der Waals surface area (Å²) in [4.78, 5) is 27.7. The number of carbonyl (C=O) groups is 1. The van der Waals surface area contributed by atoms with Crippen LogP contribution in [0.2, 0.25) is 5.02 Å². The second-order valence-electron chi connectivity index (χ2n) is 5.46. The van der Waals surface area contributed by atoms with Crippen molar-refractivity contribution >= 4 is 17.6 Å². The number of hydrogen-bond donors (Lipinski definition) is 0. The fourth-order valence-electron chi connectivity index (χ4n) is 2.47. The summed E-state index contributed by atoms with van der Waals surface area (Å²) in [6.45, 7) is 1.40. The van der Waals surface area contributed by atoms with Crippen molar-refractivity contribution in [3.63, 3.8) is 0 Å². The van der Waals surface area contributed by atoms with Gasteiger partial charge in [-0.25, -0.2) is 14.5 Å². The Bertz CT molecular complexity index is 1070. The van der Waals surface area contributed by atoms with Crippen LogP contribution >= 0.6 is 11.6 Å². The Morgan fingerprint density at radius 2 is 2.00 bits per heavy atom. The standard InChI is InChI=1S/C17H12ClF3N4O3/c1-2-28-16(27)12-9-23-25(15(12)17(19,20)21)13-4-3-11(8-22-13)24-6-5-10(18)7-14(24)26/h3-9H,2H2,1H3. The molecule has 0 aliphatic rings. The minimum absolute atomic E-state index is 0.0793. The van der Waals surface area contributed by atoms with Crippen LogP contribution in [0.5, 0.6) is 0 Å². The molecule has 0 saturated carbocycles. The lowest BCUT2D eigenvalue weighted by Crippen LogP contribution is -2.19. The molecule has 3 aromatic heterocycles. The van der Waals surface area contributed by atoms with Crippen molar-refractivity contribution < 1.29 is 22.7 Å². The van der Waals surface area contributed by atoms with Gasteiger partial charge in [-0.1, -0.05) is 11.6 Å². The van der Waals surface area contributed by atoms with E-state index in [0.717, 1.165) is 6.20 Å². The molecule has 28 heavy (non-hydrogen) atoms. The van der Waals surface area contributed by atoms with Gasteiger partial charge in [-0.05, 0) is 25.1 Å². The van der Waals surface area contributed by atoms with Crippen LogP contribution < -0.4 is 5.56 Å². The molecule has 0 aliphatic heterocycles. The maximum atomic E-state index is 13.5. The van der Waals surface area contributed by atoms with Gasteiger partial charge in [0, 0.05) is 17.3 Å². The largest absolute Gasteiger partial charge is 0.462 e. The SMILES string of the molecule is CCOC(=O)c1cnn(-c2ccc(-n3ccc(Cl)cc3=O)cn2)c1C(F)(F)F. The average Bonchev–Trinajstić information content (AvgIpc) is 3.08. The topological polar surface area (TPSA) is 79.0 Å². The van der Waals surface area contributed by atoms with Crippen LogP contribution in [-0.4, -0.2) is 31.9 Å². The fraction of sp³-hybridized carbons (Fsp3) is 0.176. The summed E-state index contributed by atoms with van der Waals surface area (Å²) >= 11 is 5.74. The maximum Gasteiger partial charge on any atom is 0.434 e. The summed E-state index contributed by atoms with van der Waals surface area (Å²) in [6.07, 6.45) is -1.47. The number of esters is 1. The van der Waals surface area contributed by atoms with Crippen molar-refractivity contribution in [2.24, 2.45) is 0 Å². The number of hydrogen-bond acceptors (Lipinski definition) is 5. The molecule has 3 rings (SSSR count). The molecule has 11 heteroatoms. The van der Waals surface area contributed by atoms with Crippen LogP contribution in [0.1, 0.15) is 23.0 Å². The molecular weight excluding hydrogens is 401 g/mol. The molecule has 0 spiro atoms. The van der Waals surface area contributed by atoms with Crippen molar-refractivity contribution in [3.8, 4) is 11.5 Å². The van der Waals surface area contributed by atoms with Crippen LogP contribution in [-0.2, 0) is 10.9 Å². The molecule has 0 atom stereocenters. The van der Waals surface area contributed by atoms with Gasteiger partial charge in [-0.2, -0.15) is 18.3 Å². The minimum Gasteiger partial charge on any atom is -0.462 e. The predicted molar refractivity (Wildman–Crippen MR) is 92.9 cm³/mol. The first-order valence-corrected chi connectivity index (χ1v) is 8.27. The van der Waals surface area contributed by atoms with E-state index in [2.05, 4.69) is 14.8 Å². The Morgan fingerprint density at radius 3 is 2.57 bits per heavy atom. The zero-order valence-corrected chi connectivity index (χ0v) is 15.0. The lowest BCUT2D eigenvalue weighted by molar-refractivity contribution is -0.143. The van der Waals surface area contributed by atoms with Gasteiger partial charge in [0.25, 0.3) is 5.56 Å². The number of ether oxygens (including phenoxy) is 1. The zero-order chi connectivity index (χ0) is 20.5. The number of pyridine rings is 2. The molecule has 0 fully saturated rings. The highest BCUT2D eigenvalue weighted by molar-refractivity contribution is 6.30. The normalized spacial score (nSPS) is 11.5. The zero-order valence-electron chi connectivity index (χ0n) is 14.3. The molecule has 3 aromatic rings. The minimum atomic E-state index is -4.87. The molecule has 0 N–H and O–H groups in total. The number of nitrogens with zero attached hydrogens (tertiary/aromatic N) is 4. The van der Waals surface area contributed by atoms with Gasteiger partial charge in [-0.3, -0.25) is 9.36 Å². The third kappa shape index (κ3) is 3.77. The van der Waals surface area contributed by atoms with E-state index in [-0.39, 0.29) is 17.4 Å². The van der Waals surface area contributed by atoms with Crippen molar-refractivity contribution in [2.75, 3.05) is 6.61 Å². The highest BCUT2D eigenvalue weighted by atomic mass is 35.5. The number of rotatable bonds is 4. The molecule has 0 bridgehead atoms. The molecule has 0 saturated heterocycles. The third-order valence-corrected chi connectivity index (χ3v) is 3.88. The number of carbonyl (C=O) groups excluding carboxylic acids is 1. The van der Waals surface area contributed by atoms with E-state index in [1.807, 2.05) is 0 Å². The summed E-state index contributed by atoms with van der Waals surface area (Å²) in [5, 5.41) is 3.89. The van der Waals surface area contributed by atoms with E-state index in [0.29, 0.717) is 10.4 Å². The van der Waals surface area contributed by atoms with Crippen molar-refractivity contribution in [2.45, 2.75) is 13.1 Å². The van der Waals surface area contributed by atoms with Crippen molar-refractivity contribution in [1.82, 2.24) is 19.3 Å². The van der Waals surface area contributed by atoms with Crippen LogP contribution in [0.3, 0.4) is 0 Å². The summed E-state index contributed by atoms with van der Waals surface area (Å²) < 4.78 is 46.9. The van der Waals surface area contributed by atoms with Crippen molar-refractivity contribution in [1.29, 1.82) is 0 Å². The summed E-state index contributed by atoms with van der Waals surface area (Å²) in [6, 6.07) is 5.31. The molecule has 0 amide bonds. The lowest BCUT2D eigenvalue weighted by atomic mass is 10.2. The molecule has 3 heterocycles. The molecule has 0 unspecified atom stereocenters. The quantitative estimate of drug-likeness (QED) is 0.614. The Hall–Kier alpha value is -3.14. The van der Waals surface area contributed by atoms with Crippen LogP contribution in [0.15, 0.2) is 47.7 Å². The predicted octanol–water partition coefficient (Wildman–Crippen LogP) is 3.27. The van der Waals surface area contributed by atoms with E-state index < -0.39 is 29.0 Å². The molecule has 0 aromatic carbocycles. The summed E-state index contributed by atoms with van der Waals surface area (Å²) in [5.74, 6) is -1.32. The van der Waals surface area contributed by atoms with Crippen molar-refractivity contribution in [3.05, 3.63) is 69.5 Å². The highest BCUT2D eigenvalue weighted by Gasteiger charge is 2.41. The molecule has 146 valence electrons. The number of aromatic nitrogens is 4. The number of alkyl halides is 3. The Balaban J connectivity index is 2.05. The van der Waals surface area contributed by atoms with Crippen LogP contribution in [0.25, 0.3) is 11.5 Å². The second-order valence-corrected chi connectivity index (χ2v) is 5.90. The van der Waals surface area contributed by atoms with E-state index >= 15 is 0 Å². The average molecular weight is 413 g/mol. The molecular formula is C17H12ClF3N4O3. The van der Waals surface area contributed by atoms with Gasteiger partial charge in [0.2, 0.25) is 0 Å². The maximum absolute atomic E-state index is 13.5. The molecule has 0 aliphatic carbocycles. The van der Waals surface area contributed by atoms with Gasteiger partial charge >= 0.3 is 12.1 Å². The number of halogens is 4. The Kier molecular flexibility index (Phi) is 5.23. The first kappa shape index (κ1) is 19.6. The Labute approximate surface area is 160 Å². The van der Waals surface area contributed by atoms with Gasteiger partial charge in [0.15, 0.2) is 11.5 Å². The Morgan fingerprint density at radius 1 is 1.25 bits per heavy atom. The lowest BCUT2D eigenvalue weighted by Gasteiger charge is -2.12. The smallest absolute Gasteiger partial charge is 0.434 e. The monoisotopic (exact) mass is 412 g/mol. The summed E-state index contributed by atoms with van der Waals surface area (Å²) in [5.41, 5.74) is -2.12. The summed E-state index contributed by atoms with van der Waals surface area (Å²) in [7, 11) is 0. The highest BCUT2D eigenvalue weighted by Crippen LogP contribution is 2.33.